The van der Waals surface area contributed by atoms with Crippen molar-refractivity contribution >= 4 is 28.9 Å². The predicted molar refractivity (Wildman–Crippen MR) is 133 cm³/mol. The van der Waals surface area contributed by atoms with E-state index in [-0.39, 0.29) is 24.5 Å². The van der Waals surface area contributed by atoms with E-state index in [0.29, 0.717) is 17.0 Å². The maximum absolute atomic E-state index is 13.2. The molecule has 1 saturated heterocycles. The summed E-state index contributed by atoms with van der Waals surface area (Å²) in [7, 11) is 0. The van der Waals surface area contributed by atoms with Gasteiger partial charge in [-0.05, 0) is 66.1 Å². The first kappa shape index (κ1) is 22.3. The van der Waals surface area contributed by atoms with Crippen molar-refractivity contribution in [3.63, 3.8) is 0 Å². The molecule has 3 aromatic rings. The molecule has 5 rings (SSSR count). The van der Waals surface area contributed by atoms with Crippen LogP contribution < -0.4 is 4.74 Å². The number of ether oxygens (including phenoxy) is 1. The number of nitrogens with zero attached hydrogens (tertiary/aromatic N) is 3. The van der Waals surface area contributed by atoms with Crippen LogP contribution in [-0.2, 0) is 4.79 Å². The quantitative estimate of drug-likeness (QED) is 0.499. The number of piperidine rings is 1. The molecule has 34 heavy (non-hydrogen) atoms. The summed E-state index contributed by atoms with van der Waals surface area (Å²) in [6.07, 6.45) is 3.96. The van der Waals surface area contributed by atoms with Crippen LogP contribution in [0.15, 0.2) is 77.2 Å². The van der Waals surface area contributed by atoms with E-state index in [4.69, 9.17) is 9.84 Å². The van der Waals surface area contributed by atoms with Gasteiger partial charge >= 0.3 is 0 Å². The summed E-state index contributed by atoms with van der Waals surface area (Å²) in [5, 5.41) is 8.25. The third-order valence-corrected chi connectivity index (χ3v) is 7.15. The maximum atomic E-state index is 13.2. The second-order valence-corrected chi connectivity index (χ2v) is 9.51. The van der Waals surface area contributed by atoms with Crippen molar-refractivity contribution in [3.05, 3.63) is 88.1 Å². The first-order chi connectivity index (χ1) is 16.7. The zero-order valence-electron chi connectivity index (χ0n) is 18.9. The van der Waals surface area contributed by atoms with Crippen LogP contribution in [0.25, 0.3) is 0 Å². The summed E-state index contributed by atoms with van der Waals surface area (Å²) in [5.74, 6) is 0.603. The fourth-order valence-corrected chi connectivity index (χ4v) is 5.10. The van der Waals surface area contributed by atoms with Gasteiger partial charge in [0, 0.05) is 19.5 Å². The van der Waals surface area contributed by atoms with E-state index in [1.807, 2.05) is 77.0 Å². The van der Waals surface area contributed by atoms with Gasteiger partial charge in [0.2, 0.25) is 0 Å². The van der Waals surface area contributed by atoms with Crippen LogP contribution in [0.2, 0.25) is 0 Å². The number of rotatable bonds is 6. The molecule has 1 fully saturated rings. The highest BCUT2D eigenvalue weighted by Crippen LogP contribution is 2.34. The van der Waals surface area contributed by atoms with Crippen LogP contribution in [0.4, 0.5) is 0 Å². The van der Waals surface area contributed by atoms with Gasteiger partial charge in [-0.3, -0.25) is 9.59 Å². The predicted octanol–water partition coefficient (Wildman–Crippen LogP) is 5.13. The van der Waals surface area contributed by atoms with E-state index in [1.54, 1.807) is 5.01 Å². The Morgan fingerprint density at radius 3 is 2.41 bits per heavy atom. The van der Waals surface area contributed by atoms with E-state index in [0.717, 1.165) is 42.8 Å². The number of hydrogen-bond acceptors (Lipinski definition) is 5. The summed E-state index contributed by atoms with van der Waals surface area (Å²) >= 11 is 1.42. The smallest absolute Gasteiger partial charge is 0.284 e. The summed E-state index contributed by atoms with van der Waals surface area (Å²) in [5.41, 5.74) is 2.86. The summed E-state index contributed by atoms with van der Waals surface area (Å²) in [4.78, 5) is 28.1. The molecule has 0 spiro atoms. The van der Waals surface area contributed by atoms with Gasteiger partial charge in [-0.15, -0.1) is 11.3 Å². The Kier molecular flexibility index (Phi) is 6.72. The van der Waals surface area contributed by atoms with Crippen molar-refractivity contribution in [2.75, 3.05) is 19.7 Å². The first-order valence-corrected chi connectivity index (χ1v) is 12.6. The van der Waals surface area contributed by atoms with Crippen molar-refractivity contribution < 1.29 is 14.3 Å². The number of carbonyl (C=O) groups is 2. The van der Waals surface area contributed by atoms with Crippen LogP contribution in [0.5, 0.6) is 5.75 Å². The van der Waals surface area contributed by atoms with Crippen LogP contribution in [0.1, 0.15) is 52.5 Å². The lowest BCUT2D eigenvalue weighted by Crippen LogP contribution is -2.38. The number of benzene rings is 2. The second-order valence-electron chi connectivity index (χ2n) is 8.56. The monoisotopic (exact) mass is 473 g/mol. The number of thiophene rings is 1. The molecule has 7 heteroatoms. The summed E-state index contributed by atoms with van der Waals surface area (Å²) in [6.45, 7) is 1.70. The van der Waals surface area contributed by atoms with Gasteiger partial charge in [0.25, 0.3) is 11.8 Å². The number of likely N-dealkylation sites (tertiary alicyclic amines) is 1. The Morgan fingerprint density at radius 2 is 1.71 bits per heavy atom. The van der Waals surface area contributed by atoms with Crippen molar-refractivity contribution in [3.8, 4) is 5.75 Å². The number of hydrazone groups is 1. The van der Waals surface area contributed by atoms with Gasteiger partial charge in [0.05, 0.1) is 16.6 Å². The topological polar surface area (TPSA) is 62.2 Å². The van der Waals surface area contributed by atoms with Crippen molar-refractivity contribution in [1.29, 1.82) is 0 Å². The molecule has 0 N–H and O–H groups in total. The minimum Gasteiger partial charge on any atom is -0.484 e. The van der Waals surface area contributed by atoms with Gasteiger partial charge < -0.3 is 9.64 Å². The van der Waals surface area contributed by atoms with Gasteiger partial charge in [0.15, 0.2) is 6.61 Å². The molecule has 174 valence electrons. The molecule has 2 aliphatic rings. The Hall–Kier alpha value is -3.45. The van der Waals surface area contributed by atoms with E-state index in [2.05, 4.69) is 0 Å². The van der Waals surface area contributed by atoms with Gasteiger partial charge in [-0.25, -0.2) is 5.01 Å². The molecule has 6 nitrogen and oxygen atoms in total. The third kappa shape index (κ3) is 4.89. The number of hydrogen-bond donors (Lipinski definition) is 0. The molecule has 0 aliphatic carbocycles. The van der Waals surface area contributed by atoms with Gasteiger partial charge in [0.1, 0.15) is 5.75 Å². The summed E-state index contributed by atoms with van der Waals surface area (Å²) < 4.78 is 5.74. The van der Waals surface area contributed by atoms with Crippen LogP contribution in [0.3, 0.4) is 0 Å². The molecule has 0 bridgehead atoms. The molecule has 2 aromatic carbocycles. The third-order valence-electron chi connectivity index (χ3n) is 6.29. The minimum atomic E-state index is -0.149. The van der Waals surface area contributed by atoms with E-state index in [1.165, 1.54) is 17.8 Å². The van der Waals surface area contributed by atoms with E-state index in [9.17, 15) is 9.59 Å². The minimum absolute atomic E-state index is 0.0392. The molecule has 0 radical (unpaired) electrons. The lowest BCUT2D eigenvalue weighted by molar-refractivity contribution is -0.134. The SMILES string of the molecule is O=C(COc1ccc(C2=NN(C(=O)c3cccs3)C(c3ccccc3)C2)cc1)N1CCCCC1. The molecule has 1 unspecified atom stereocenters. The zero-order chi connectivity index (χ0) is 23.3. The van der Waals surface area contributed by atoms with Gasteiger partial charge in [-0.1, -0.05) is 36.4 Å². The Labute approximate surface area is 203 Å². The lowest BCUT2D eigenvalue weighted by atomic mass is 9.98. The van der Waals surface area contributed by atoms with E-state index < -0.39 is 0 Å². The van der Waals surface area contributed by atoms with Gasteiger partial charge in [-0.2, -0.15) is 5.10 Å². The zero-order valence-corrected chi connectivity index (χ0v) is 19.7. The maximum Gasteiger partial charge on any atom is 0.284 e. The molecule has 2 aliphatic heterocycles. The Morgan fingerprint density at radius 1 is 0.941 bits per heavy atom. The fourth-order valence-electron chi connectivity index (χ4n) is 4.44. The highest BCUT2D eigenvalue weighted by atomic mass is 32.1. The highest BCUT2D eigenvalue weighted by Gasteiger charge is 2.34. The molecule has 2 amide bonds. The number of carbonyl (C=O) groups excluding carboxylic acids is 2. The molecule has 1 atom stereocenters. The average Bonchev–Trinajstić information content (AvgIpc) is 3.59. The summed E-state index contributed by atoms with van der Waals surface area (Å²) in [6, 6.07) is 21.2. The standard InChI is InChI=1S/C27H27N3O3S/c31-26(29-15-5-2-6-16-29)19-33-22-13-11-20(12-14-22)23-18-24(21-8-3-1-4-9-21)30(28-23)27(32)25-10-7-17-34-25/h1,3-4,7-14,17,24H,2,5-6,15-16,18-19H2. The molecular weight excluding hydrogens is 446 g/mol. The van der Waals surface area contributed by atoms with Crippen LogP contribution >= 0.6 is 11.3 Å². The normalized spacial score (nSPS) is 18.0. The second kappa shape index (κ2) is 10.2. The Bertz CT molecular complexity index is 1150. The van der Waals surface area contributed by atoms with E-state index >= 15 is 0 Å². The van der Waals surface area contributed by atoms with Crippen molar-refractivity contribution in [2.45, 2.75) is 31.7 Å². The van der Waals surface area contributed by atoms with Crippen molar-refractivity contribution in [2.24, 2.45) is 5.10 Å². The molecule has 1 aromatic heterocycles. The van der Waals surface area contributed by atoms with Crippen LogP contribution in [-0.4, -0.2) is 47.1 Å². The fraction of sp³-hybridized carbons (Fsp3) is 0.296. The number of amides is 2. The molecule has 3 heterocycles. The average molecular weight is 474 g/mol. The molecule has 0 saturated carbocycles. The first-order valence-electron chi connectivity index (χ1n) is 11.7. The lowest BCUT2D eigenvalue weighted by Gasteiger charge is -2.26. The highest BCUT2D eigenvalue weighted by molar-refractivity contribution is 7.12. The Balaban J connectivity index is 1.30. The van der Waals surface area contributed by atoms with Crippen molar-refractivity contribution in [1.82, 2.24) is 9.91 Å². The largest absolute Gasteiger partial charge is 0.484 e. The van der Waals surface area contributed by atoms with Crippen LogP contribution in [0, 0.1) is 0 Å². The molecular formula is C27H27N3O3S.